The SMILES string of the molecule is COc1cc(CNC(=O)Cc2cc(Cl)c3c(c2)OCCCO3)ccc1C. The molecule has 2 aromatic carbocycles. The number of rotatable bonds is 5. The molecule has 1 aliphatic rings. The average Bonchev–Trinajstić information content (AvgIpc) is 2.87. The molecule has 2 aromatic rings. The summed E-state index contributed by atoms with van der Waals surface area (Å²) in [6.07, 6.45) is 1.03. The van der Waals surface area contributed by atoms with Crippen LogP contribution in [0.2, 0.25) is 5.02 Å². The largest absolute Gasteiger partial charge is 0.496 e. The first-order valence-electron chi connectivity index (χ1n) is 8.55. The highest BCUT2D eigenvalue weighted by Crippen LogP contribution is 2.38. The van der Waals surface area contributed by atoms with Gasteiger partial charge >= 0.3 is 0 Å². The van der Waals surface area contributed by atoms with Crippen LogP contribution in [0.4, 0.5) is 0 Å². The molecule has 0 saturated carbocycles. The van der Waals surface area contributed by atoms with E-state index in [1.54, 1.807) is 13.2 Å². The van der Waals surface area contributed by atoms with Gasteiger partial charge in [-0.1, -0.05) is 23.7 Å². The quantitative estimate of drug-likeness (QED) is 0.866. The molecule has 5 nitrogen and oxygen atoms in total. The molecular weight excluding hydrogens is 354 g/mol. The van der Waals surface area contributed by atoms with Gasteiger partial charge in [-0.25, -0.2) is 0 Å². The van der Waals surface area contributed by atoms with Crippen molar-refractivity contribution in [2.75, 3.05) is 20.3 Å². The summed E-state index contributed by atoms with van der Waals surface area (Å²) in [5.74, 6) is 1.88. The Bertz CT molecular complexity index is 807. The van der Waals surface area contributed by atoms with Gasteiger partial charge in [-0.2, -0.15) is 0 Å². The van der Waals surface area contributed by atoms with Gasteiger partial charge in [0.05, 0.1) is 31.8 Å². The van der Waals surface area contributed by atoms with Crippen molar-refractivity contribution in [3.63, 3.8) is 0 Å². The lowest BCUT2D eigenvalue weighted by molar-refractivity contribution is -0.120. The lowest BCUT2D eigenvalue weighted by Gasteiger charge is -2.12. The maximum atomic E-state index is 12.3. The molecule has 26 heavy (non-hydrogen) atoms. The molecule has 1 heterocycles. The van der Waals surface area contributed by atoms with Gasteiger partial charge in [0.15, 0.2) is 11.5 Å². The monoisotopic (exact) mass is 375 g/mol. The Morgan fingerprint density at radius 3 is 2.81 bits per heavy atom. The zero-order valence-electron chi connectivity index (χ0n) is 14.9. The van der Waals surface area contributed by atoms with E-state index in [0.717, 1.165) is 28.9 Å². The fourth-order valence-electron chi connectivity index (χ4n) is 2.81. The van der Waals surface area contributed by atoms with Crippen LogP contribution in [0.5, 0.6) is 17.2 Å². The second-order valence-electron chi connectivity index (χ2n) is 6.21. The molecule has 3 rings (SSSR count). The Morgan fingerprint density at radius 1 is 1.19 bits per heavy atom. The van der Waals surface area contributed by atoms with E-state index < -0.39 is 0 Å². The number of fused-ring (bicyclic) bond motifs is 1. The highest BCUT2D eigenvalue weighted by molar-refractivity contribution is 6.32. The van der Waals surface area contributed by atoms with Crippen molar-refractivity contribution in [1.82, 2.24) is 5.32 Å². The number of methoxy groups -OCH3 is 1. The summed E-state index contributed by atoms with van der Waals surface area (Å²) in [6.45, 7) is 3.57. The van der Waals surface area contributed by atoms with Crippen molar-refractivity contribution in [3.05, 3.63) is 52.0 Å². The lowest BCUT2D eigenvalue weighted by atomic mass is 10.1. The van der Waals surface area contributed by atoms with Crippen molar-refractivity contribution in [2.24, 2.45) is 0 Å². The van der Waals surface area contributed by atoms with Crippen molar-refractivity contribution in [2.45, 2.75) is 26.3 Å². The number of carbonyl (C=O) groups excluding carboxylic acids is 1. The molecule has 0 unspecified atom stereocenters. The van der Waals surface area contributed by atoms with E-state index in [0.29, 0.717) is 36.3 Å². The molecule has 0 bridgehead atoms. The maximum absolute atomic E-state index is 12.3. The predicted molar refractivity (Wildman–Crippen MR) is 100 cm³/mol. The number of ether oxygens (including phenoxy) is 3. The summed E-state index contributed by atoms with van der Waals surface area (Å²) in [5, 5.41) is 3.39. The number of carbonyl (C=O) groups is 1. The topological polar surface area (TPSA) is 56.8 Å². The van der Waals surface area contributed by atoms with E-state index in [4.69, 9.17) is 25.8 Å². The molecule has 1 amide bonds. The molecule has 0 radical (unpaired) electrons. The first-order valence-corrected chi connectivity index (χ1v) is 8.93. The van der Waals surface area contributed by atoms with Crippen LogP contribution in [-0.4, -0.2) is 26.2 Å². The Morgan fingerprint density at radius 2 is 2.00 bits per heavy atom. The lowest BCUT2D eigenvalue weighted by Crippen LogP contribution is -2.24. The van der Waals surface area contributed by atoms with Gasteiger partial charge in [-0.15, -0.1) is 0 Å². The maximum Gasteiger partial charge on any atom is 0.224 e. The molecule has 1 aliphatic heterocycles. The van der Waals surface area contributed by atoms with Gasteiger partial charge in [0.2, 0.25) is 5.91 Å². The summed E-state index contributed by atoms with van der Waals surface area (Å²) in [5.41, 5.74) is 2.83. The number of nitrogens with one attached hydrogen (secondary N) is 1. The number of amides is 1. The third-order valence-electron chi connectivity index (χ3n) is 4.19. The zero-order chi connectivity index (χ0) is 18.5. The zero-order valence-corrected chi connectivity index (χ0v) is 15.7. The summed E-state index contributed by atoms with van der Waals surface area (Å²) in [6, 6.07) is 9.46. The minimum absolute atomic E-state index is 0.0879. The van der Waals surface area contributed by atoms with Crippen LogP contribution in [0.15, 0.2) is 30.3 Å². The average molecular weight is 376 g/mol. The van der Waals surface area contributed by atoms with Gasteiger partial charge in [0.1, 0.15) is 5.75 Å². The number of aryl methyl sites for hydroxylation is 1. The van der Waals surface area contributed by atoms with E-state index in [9.17, 15) is 4.79 Å². The number of hydrogen-bond acceptors (Lipinski definition) is 4. The van der Waals surface area contributed by atoms with E-state index in [1.165, 1.54) is 0 Å². The molecule has 138 valence electrons. The second-order valence-corrected chi connectivity index (χ2v) is 6.62. The highest BCUT2D eigenvalue weighted by Gasteiger charge is 2.16. The van der Waals surface area contributed by atoms with Crippen molar-refractivity contribution in [1.29, 1.82) is 0 Å². The number of hydrogen-bond donors (Lipinski definition) is 1. The summed E-state index contributed by atoms with van der Waals surface area (Å²) >= 11 is 6.27. The Hall–Kier alpha value is -2.40. The Labute approximate surface area is 158 Å². The highest BCUT2D eigenvalue weighted by atomic mass is 35.5. The minimum Gasteiger partial charge on any atom is -0.496 e. The molecule has 0 aliphatic carbocycles. The first kappa shape index (κ1) is 18.4. The van der Waals surface area contributed by atoms with Crippen molar-refractivity contribution < 1.29 is 19.0 Å². The van der Waals surface area contributed by atoms with Crippen LogP contribution < -0.4 is 19.5 Å². The van der Waals surface area contributed by atoms with E-state index >= 15 is 0 Å². The first-order chi connectivity index (χ1) is 12.6. The fourth-order valence-corrected chi connectivity index (χ4v) is 3.10. The Balaban J connectivity index is 1.63. The van der Waals surface area contributed by atoms with Crippen molar-refractivity contribution >= 4 is 17.5 Å². The van der Waals surface area contributed by atoms with Crippen LogP contribution in [-0.2, 0) is 17.8 Å². The van der Waals surface area contributed by atoms with Crippen LogP contribution >= 0.6 is 11.6 Å². The molecule has 0 saturated heterocycles. The van der Waals surface area contributed by atoms with Gasteiger partial charge in [0, 0.05) is 13.0 Å². The van der Waals surface area contributed by atoms with Crippen LogP contribution in [0.3, 0.4) is 0 Å². The molecule has 1 N–H and O–H groups in total. The van der Waals surface area contributed by atoms with E-state index in [2.05, 4.69) is 5.32 Å². The van der Waals surface area contributed by atoms with Gasteiger partial charge in [-0.3, -0.25) is 4.79 Å². The molecule has 0 aromatic heterocycles. The van der Waals surface area contributed by atoms with Crippen LogP contribution in [0, 0.1) is 6.92 Å². The smallest absolute Gasteiger partial charge is 0.224 e. The third kappa shape index (κ3) is 4.41. The molecule has 6 heteroatoms. The number of benzene rings is 2. The van der Waals surface area contributed by atoms with E-state index in [-0.39, 0.29) is 12.3 Å². The third-order valence-corrected chi connectivity index (χ3v) is 4.47. The molecule has 0 spiro atoms. The van der Waals surface area contributed by atoms with Crippen LogP contribution in [0.25, 0.3) is 0 Å². The molecule has 0 fully saturated rings. The van der Waals surface area contributed by atoms with E-state index in [1.807, 2.05) is 31.2 Å². The van der Waals surface area contributed by atoms with Gasteiger partial charge in [0.25, 0.3) is 0 Å². The number of halogens is 1. The standard InChI is InChI=1S/C20H22ClNO4/c1-13-4-5-14(9-17(13)24-2)12-22-19(23)11-15-8-16(21)20-18(10-15)25-6-3-7-26-20/h4-5,8-10H,3,6-7,11-12H2,1-2H3,(H,22,23). The van der Waals surface area contributed by atoms with Gasteiger partial charge in [-0.05, 0) is 41.8 Å². The summed E-state index contributed by atoms with van der Waals surface area (Å²) in [7, 11) is 1.64. The second kappa shape index (κ2) is 8.32. The normalized spacial score (nSPS) is 13.0. The molecule has 0 atom stereocenters. The summed E-state index contributed by atoms with van der Waals surface area (Å²) in [4.78, 5) is 12.3. The fraction of sp³-hybridized carbons (Fsp3) is 0.350. The Kier molecular flexibility index (Phi) is 5.89. The minimum atomic E-state index is -0.0879. The summed E-state index contributed by atoms with van der Waals surface area (Å²) < 4.78 is 16.6. The molecular formula is C20H22ClNO4. The van der Waals surface area contributed by atoms with Crippen LogP contribution in [0.1, 0.15) is 23.1 Å². The van der Waals surface area contributed by atoms with Gasteiger partial charge < -0.3 is 19.5 Å². The predicted octanol–water partition coefficient (Wildman–Crippen LogP) is 3.68. The van der Waals surface area contributed by atoms with Crippen molar-refractivity contribution in [3.8, 4) is 17.2 Å².